The second kappa shape index (κ2) is 6.70. The van der Waals surface area contributed by atoms with Crippen molar-refractivity contribution < 1.29 is 14.3 Å². The van der Waals surface area contributed by atoms with Crippen molar-refractivity contribution in [3.05, 3.63) is 65.5 Å². The zero-order chi connectivity index (χ0) is 14.4. The van der Waals surface area contributed by atoms with Crippen LogP contribution in [0.1, 0.15) is 11.1 Å². The summed E-state index contributed by atoms with van der Waals surface area (Å²) in [6.45, 7) is 0.368. The van der Waals surface area contributed by atoms with Crippen molar-refractivity contribution in [3.8, 4) is 5.75 Å². The van der Waals surface area contributed by atoms with Crippen molar-refractivity contribution in [2.45, 2.75) is 12.8 Å². The third-order valence-corrected chi connectivity index (χ3v) is 3.02. The molecule has 0 heterocycles. The molecule has 104 valence electrons. The van der Waals surface area contributed by atoms with E-state index < -0.39 is 0 Å². The van der Waals surface area contributed by atoms with Gasteiger partial charge < -0.3 is 10.4 Å². The maximum Gasteiger partial charge on any atom is 0.224 e. The summed E-state index contributed by atoms with van der Waals surface area (Å²) in [4.78, 5) is 11.7. The van der Waals surface area contributed by atoms with Gasteiger partial charge in [-0.05, 0) is 24.1 Å². The normalized spacial score (nSPS) is 10.2. The first-order chi connectivity index (χ1) is 9.66. The summed E-state index contributed by atoms with van der Waals surface area (Å²) >= 11 is 0. The number of hydrogen-bond acceptors (Lipinski definition) is 2. The van der Waals surface area contributed by atoms with Gasteiger partial charge in [-0.2, -0.15) is 0 Å². The van der Waals surface area contributed by atoms with Crippen LogP contribution in [-0.2, 0) is 17.6 Å². The molecule has 0 radical (unpaired) electrons. The van der Waals surface area contributed by atoms with Crippen LogP contribution >= 0.6 is 0 Å². The average molecular weight is 273 g/mol. The van der Waals surface area contributed by atoms with Crippen LogP contribution in [0.25, 0.3) is 0 Å². The van der Waals surface area contributed by atoms with Gasteiger partial charge in [0, 0.05) is 12.1 Å². The van der Waals surface area contributed by atoms with Crippen LogP contribution in [0.15, 0.2) is 48.5 Å². The number of benzene rings is 2. The van der Waals surface area contributed by atoms with Crippen molar-refractivity contribution in [2.24, 2.45) is 0 Å². The van der Waals surface area contributed by atoms with Gasteiger partial charge >= 0.3 is 0 Å². The van der Waals surface area contributed by atoms with E-state index in [4.69, 9.17) is 0 Å². The predicted octanol–water partition coefficient (Wildman–Crippen LogP) is 2.43. The van der Waals surface area contributed by atoms with Gasteiger partial charge in [0.05, 0.1) is 6.42 Å². The van der Waals surface area contributed by atoms with E-state index in [2.05, 4.69) is 5.32 Å². The van der Waals surface area contributed by atoms with E-state index in [-0.39, 0.29) is 23.9 Å². The molecule has 0 bridgehead atoms. The summed E-state index contributed by atoms with van der Waals surface area (Å²) in [6.07, 6.45) is 0.559. The van der Waals surface area contributed by atoms with Crippen LogP contribution in [0.2, 0.25) is 0 Å². The maximum absolute atomic E-state index is 13.4. The molecule has 20 heavy (non-hydrogen) atoms. The molecule has 0 fully saturated rings. The molecular formula is C16H16FNO2. The minimum Gasteiger partial charge on any atom is -0.508 e. The lowest BCUT2D eigenvalue weighted by molar-refractivity contribution is -0.120. The minimum atomic E-state index is -0.262. The topological polar surface area (TPSA) is 49.3 Å². The van der Waals surface area contributed by atoms with Gasteiger partial charge in [-0.1, -0.05) is 36.4 Å². The van der Waals surface area contributed by atoms with Crippen molar-refractivity contribution >= 4 is 5.91 Å². The molecular weight excluding hydrogens is 257 g/mol. The van der Waals surface area contributed by atoms with Crippen LogP contribution in [-0.4, -0.2) is 17.6 Å². The summed E-state index contributed by atoms with van der Waals surface area (Å²) in [7, 11) is 0. The van der Waals surface area contributed by atoms with E-state index in [1.54, 1.807) is 42.5 Å². The number of nitrogens with one attached hydrogen (secondary N) is 1. The predicted molar refractivity (Wildman–Crippen MR) is 74.9 cm³/mol. The lowest BCUT2D eigenvalue weighted by Gasteiger charge is -2.07. The van der Waals surface area contributed by atoms with Crippen LogP contribution in [0.5, 0.6) is 5.75 Å². The number of rotatable bonds is 5. The van der Waals surface area contributed by atoms with Crippen molar-refractivity contribution in [2.75, 3.05) is 6.54 Å². The van der Waals surface area contributed by atoms with Crippen LogP contribution in [0.4, 0.5) is 4.39 Å². The van der Waals surface area contributed by atoms with Crippen LogP contribution in [0.3, 0.4) is 0 Å². The molecule has 3 nitrogen and oxygen atoms in total. The second-order valence-electron chi connectivity index (χ2n) is 4.50. The minimum absolute atomic E-state index is 0.108. The molecule has 0 spiro atoms. The Hall–Kier alpha value is -2.36. The highest BCUT2D eigenvalue weighted by Gasteiger charge is 2.07. The quantitative estimate of drug-likeness (QED) is 0.879. The average Bonchev–Trinajstić information content (AvgIpc) is 2.43. The molecule has 2 aromatic rings. The number of halogens is 1. The Morgan fingerprint density at radius 3 is 2.40 bits per heavy atom. The fourth-order valence-electron chi connectivity index (χ4n) is 1.93. The molecule has 0 atom stereocenters. The van der Waals surface area contributed by atoms with Crippen molar-refractivity contribution in [3.63, 3.8) is 0 Å². The van der Waals surface area contributed by atoms with Crippen LogP contribution in [0, 0.1) is 5.82 Å². The van der Waals surface area contributed by atoms with Gasteiger partial charge in [-0.25, -0.2) is 4.39 Å². The first-order valence-corrected chi connectivity index (χ1v) is 6.44. The van der Waals surface area contributed by atoms with Gasteiger partial charge in [0.15, 0.2) is 0 Å². The molecule has 0 aliphatic carbocycles. The second-order valence-corrected chi connectivity index (χ2v) is 4.50. The third-order valence-electron chi connectivity index (χ3n) is 3.02. The number of phenols is 1. The van der Waals surface area contributed by atoms with Gasteiger partial charge in [0.1, 0.15) is 11.6 Å². The Labute approximate surface area is 117 Å². The number of carbonyl (C=O) groups excluding carboxylic acids is 1. The third kappa shape index (κ3) is 3.82. The summed E-state index contributed by atoms with van der Waals surface area (Å²) in [5, 5.41) is 12.3. The van der Waals surface area contributed by atoms with E-state index in [1.165, 1.54) is 6.07 Å². The zero-order valence-corrected chi connectivity index (χ0v) is 11.0. The number of hydrogen-bond donors (Lipinski definition) is 2. The van der Waals surface area contributed by atoms with Crippen molar-refractivity contribution in [1.82, 2.24) is 5.32 Å². The molecule has 0 aliphatic heterocycles. The number of carbonyl (C=O) groups is 1. The molecule has 1 amide bonds. The smallest absolute Gasteiger partial charge is 0.224 e. The first kappa shape index (κ1) is 14.1. The van der Waals surface area contributed by atoms with Crippen molar-refractivity contribution in [1.29, 1.82) is 0 Å². The van der Waals surface area contributed by atoms with Gasteiger partial charge in [0.2, 0.25) is 5.91 Å². The van der Waals surface area contributed by atoms with E-state index in [1.807, 2.05) is 0 Å². The Bertz CT molecular complexity index is 599. The number of para-hydroxylation sites is 1. The Morgan fingerprint density at radius 2 is 1.70 bits per heavy atom. The highest BCUT2D eigenvalue weighted by molar-refractivity contribution is 5.79. The molecule has 0 saturated carbocycles. The Morgan fingerprint density at radius 1 is 1.05 bits per heavy atom. The first-order valence-electron chi connectivity index (χ1n) is 6.44. The van der Waals surface area contributed by atoms with Gasteiger partial charge in [0.25, 0.3) is 0 Å². The fraction of sp³-hybridized carbons (Fsp3) is 0.188. The SMILES string of the molecule is O=C(Cc1ccccc1O)NCCc1ccccc1F. The standard InChI is InChI=1S/C16H16FNO2/c17-14-7-3-1-5-12(14)9-10-18-16(20)11-13-6-2-4-8-15(13)19/h1-8,19H,9-11H2,(H,18,20). The zero-order valence-electron chi connectivity index (χ0n) is 11.0. The summed E-state index contributed by atoms with van der Waals surface area (Å²) in [6, 6.07) is 13.2. The molecule has 2 aromatic carbocycles. The molecule has 0 unspecified atom stereocenters. The molecule has 0 aliphatic rings. The number of phenolic OH excluding ortho intramolecular Hbond substituents is 1. The molecule has 2 N–H and O–H groups in total. The van der Waals surface area contributed by atoms with E-state index in [0.29, 0.717) is 24.1 Å². The van der Waals surface area contributed by atoms with E-state index >= 15 is 0 Å². The van der Waals surface area contributed by atoms with E-state index in [9.17, 15) is 14.3 Å². The highest BCUT2D eigenvalue weighted by Crippen LogP contribution is 2.15. The summed E-state index contributed by atoms with van der Waals surface area (Å²) in [5.74, 6) is -0.345. The Balaban J connectivity index is 1.82. The highest BCUT2D eigenvalue weighted by atomic mass is 19.1. The Kier molecular flexibility index (Phi) is 4.71. The lowest BCUT2D eigenvalue weighted by Crippen LogP contribution is -2.27. The van der Waals surface area contributed by atoms with Gasteiger partial charge in [-0.3, -0.25) is 4.79 Å². The fourth-order valence-corrected chi connectivity index (χ4v) is 1.93. The molecule has 0 saturated heterocycles. The summed E-state index contributed by atoms with van der Waals surface area (Å²) in [5.41, 5.74) is 1.16. The van der Waals surface area contributed by atoms with Crippen LogP contribution < -0.4 is 5.32 Å². The van der Waals surface area contributed by atoms with Gasteiger partial charge in [-0.15, -0.1) is 0 Å². The molecule has 4 heteroatoms. The molecule has 2 rings (SSSR count). The number of aromatic hydroxyl groups is 1. The maximum atomic E-state index is 13.4. The lowest BCUT2D eigenvalue weighted by atomic mass is 10.1. The summed E-state index contributed by atoms with van der Waals surface area (Å²) < 4.78 is 13.4. The monoisotopic (exact) mass is 273 g/mol. The number of amides is 1. The molecule has 0 aromatic heterocycles. The van der Waals surface area contributed by atoms with E-state index in [0.717, 1.165) is 0 Å². The largest absolute Gasteiger partial charge is 0.508 e.